The van der Waals surface area contributed by atoms with Crippen LogP contribution in [0.15, 0.2) is 72.8 Å². The molecule has 0 heterocycles. The summed E-state index contributed by atoms with van der Waals surface area (Å²) in [4.78, 5) is 12.0. The van der Waals surface area contributed by atoms with Gasteiger partial charge in [-0.1, -0.05) is 35.9 Å². The summed E-state index contributed by atoms with van der Waals surface area (Å²) in [7, 11) is 0. The van der Waals surface area contributed by atoms with Gasteiger partial charge in [-0.3, -0.25) is 0 Å². The molecule has 0 fully saturated rings. The van der Waals surface area contributed by atoms with Gasteiger partial charge in [-0.25, -0.2) is 9.18 Å². The van der Waals surface area contributed by atoms with Crippen LogP contribution in [-0.4, -0.2) is 5.97 Å². The highest BCUT2D eigenvalue weighted by Crippen LogP contribution is 2.21. The van der Waals surface area contributed by atoms with E-state index in [9.17, 15) is 14.4 Å². The van der Waals surface area contributed by atoms with Gasteiger partial charge in [0.2, 0.25) is 0 Å². The molecule has 5 heteroatoms. The number of esters is 1. The Balaban J connectivity index is 1.74. The second-order valence-corrected chi connectivity index (χ2v) is 6.08. The predicted octanol–water partition coefficient (Wildman–Crippen LogP) is 5.76. The Morgan fingerprint density at radius 3 is 2.11 bits per heavy atom. The molecule has 27 heavy (non-hydrogen) atoms. The molecule has 0 aromatic heterocycles. The Morgan fingerprint density at radius 2 is 1.52 bits per heavy atom. The van der Waals surface area contributed by atoms with Crippen molar-refractivity contribution in [2.75, 3.05) is 0 Å². The SMILES string of the molecule is N#C/C(=C/c1ccc(OC(=O)c2ccc(F)cc2)cc1)c1ccc(Cl)cc1. The van der Waals surface area contributed by atoms with Crippen LogP contribution in [0.4, 0.5) is 4.39 Å². The lowest BCUT2D eigenvalue weighted by atomic mass is 10.0. The number of nitriles is 1. The maximum Gasteiger partial charge on any atom is 0.343 e. The Labute approximate surface area is 160 Å². The molecule has 0 atom stereocenters. The van der Waals surface area contributed by atoms with E-state index in [2.05, 4.69) is 6.07 Å². The fourth-order valence-corrected chi connectivity index (χ4v) is 2.49. The Bertz CT molecular complexity index is 1020. The van der Waals surface area contributed by atoms with Gasteiger partial charge in [0.05, 0.1) is 17.2 Å². The predicted molar refractivity (Wildman–Crippen MR) is 103 cm³/mol. The van der Waals surface area contributed by atoms with Gasteiger partial charge in [0.1, 0.15) is 11.6 Å². The van der Waals surface area contributed by atoms with Crippen LogP contribution < -0.4 is 4.74 Å². The summed E-state index contributed by atoms with van der Waals surface area (Å²) in [5.41, 5.74) is 2.29. The van der Waals surface area contributed by atoms with Crippen molar-refractivity contribution in [1.82, 2.24) is 0 Å². The lowest BCUT2D eigenvalue weighted by Gasteiger charge is -2.05. The average molecular weight is 378 g/mol. The Morgan fingerprint density at radius 1 is 0.926 bits per heavy atom. The third kappa shape index (κ3) is 4.81. The zero-order chi connectivity index (χ0) is 19.2. The van der Waals surface area contributed by atoms with Crippen LogP contribution in [-0.2, 0) is 0 Å². The first-order valence-electron chi connectivity index (χ1n) is 8.01. The zero-order valence-electron chi connectivity index (χ0n) is 14.0. The first-order chi connectivity index (χ1) is 13.0. The molecule has 0 unspecified atom stereocenters. The molecule has 0 N–H and O–H groups in total. The van der Waals surface area contributed by atoms with E-state index in [1.165, 1.54) is 24.3 Å². The topological polar surface area (TPSA) is 50.1 Å². The largest absolute Gasteiger partial charge is 0.423 e. The molecular weight excluding hydrogens is 365 g/mol. The lowest BCUT2D eigenvalue weighted by Crippen LogP contribution is -2.08. The third-order valence-electron chi connectivity index (χ3n) is 3.76. The fraction of sp³-hybridized carbons (Fsp3) is 0. The molecule has 132 valence electrons. The third-order valence-corrected chi connectivity index (χ3v) is 4.01. The van der Waals surface area contributed by atoms with E-state index in [0.717, 1.165) is 11.1 Å². The van der Waals surface area contributed by atoms with Crippen molar-refractivity contribution in [3.8, 4) is 11.8 Å². The highest BCUT2D eigenvalue weighted by atomic mass is 35.5. The van der Waals surface area contributed by atoms with Crippen molar-refractivity contribution in [3.63, 3.8) is 0 Å². The Hall–Kier alpha value is -3.42. The lowest BCUT2D eigenvalue weighted by molar-refractivity contribution is 0.0734. The van der Waals surface area contributed by atoms with Crippen LogP contribution >= 0.6 is 11.6 Å². The quantitative estimate of drug-likeness (QED) is 0.251. The highest BCUT2D eigenvalue weighted by molar-refractivity contribution is 6.30. The first-order valence-corrected chi connectivity index (χ1v) is 8.38. The van der Waals surface area contributed by atoms with Crippen LogP contribution in [0, 0.1) is 17.1 Å². The van der Waals surface area contributed by atoms with Crippen LogP contribution in [0.3, 0.4) is 0 Å². The van der Waals surface area contributed by atoms with Gasteiger partial charge < -0.3 is 4.74 Å². The summed E-state index contributed by atoms with van der Waals surface area (Å²) in [6.07, 6.45) is 1.73. The molecule has 0 radical (unpaired) electrons. The van der Waals surface area contributed by atoms with Crippen molar-refractivity contribution >= 4 is 29.2 Å². The number of hydrogen-bond donors (Lipinski definition) is 0. The van der Waals surface area contributed by atoms with Gasteiger partial charge in [-0.05, 0) is 65.7 Å². The summed E-state index contributed by atoms with van der Waals surface area (Å²) >= 11 is 5.87. The minimum Gasteiger partial charge on any atom is -0.423 e. The average Bonchev–Trinajstić information content (AvgIpc) is 2.68. The normalized spacial score (nSPS) is 10.9. The first kappa shape index (κ1) is 18.4. The van der Waals surface area contributed by atoms with Crippen LogP contribution in [0.2, 0.25) is 5.02 Å². The standard InChI is InChI=1S/C22H13ClFNO2/c23-19-7-3-16(4-8-19)18(14-25)13-15-1-11-21(12-2-15)27-22(26)17-5-9-20(24)10-6-17/h1-13H/b18-13-. The molecule has 0 aliphatic rings. The molecule has 3 aromatic rings. The molecule has 0 aliphatic carbocycles. The number of carbonyl (C=O) groups is 1. The summed E-state index contributed by atoms with van der Waals surface area (Å²) in [6.45, 7) is 0. The van der Waals surface area contributed by atoms with Gasteiger partial charge in [0.25, 0.3) is 0 Å². The molecule has 3 rings (SSSR count). The van der Waals surface area contributed by atoms with E-state index < -0.39 is 11.8 Å². The molecule has 0 aliphatic heterocycles. The molecule has 0 amide bonds. The number of allylic oxidation sites excluding steroid dienone is 1. The summed E-state index contributed by atoms with van der Waals surface area (Å²) in [5, 5.41) is 9.98. The minimum absolute atomic E-state index is 0.259. The maximum absolute atomic E-state index is 12.9. The van der Waals surface area contributed by atoms with E-state index >= 15 is 0 Å². The highest BCUT2D eigenvalue weighted by Gasteiger charge is 2.08. The van der Waals surface area contributed by atoms with Crippen LogP contribution in [0.25, 0.3) is 11.6 Å². The summed E-state index contributed by atoms with van der Waals surface area (Å²) in [6, 6.07) is 21.0. The summed E-state index contributed by atoms with van der Waals surface area (Å²) in [5.74, 6) is -0.639. The number of nitrogens with zero attached hydrogens (tertiary/aromatic N) is 1. The molecule has 3 aromatic carbocycles. The minimum atomic E-state index is -0.572. The van der Waals surface area contributed by atoms with E-state index in [1.54, 1.807) is 54.6 Å². The van der Waals surface area contributed by atoms with Gasteiger partial charge in [-0.15, -0.1) is 0 Å². The van der Waals surface area contributed by atoms with Crippen molar-refractivity contribution in [1.29, 1.82) is 5.26 Å². The zero-order valence-corrected chi connectivity index (χ0v) is 14.8. The van der Waals surface area contributed by atoms with Crippen LogP contribution in [0.1, 0.15) is 21.5 Å². The smallest absolute Gasteiger partial charge is 0.343 e. The monoisotopic (exact) mass is 377 g/mol. The molecule has 0 saturated heterocycles. The number of ether oxygens (including phenoxy) is 1. The molecular formula is C22H13ClFNO2. The van der Waals surface area contributed by atoms with Crippen molar-refractivity contribution < 1.29 is 13.9 Å². The summed E-state index contributed by atoms with van der Waals surface area (Å²) < 4.78 is 18.2. The van der Waals surface area contributed by atoms with Crippen molar-refractivity contribution in [2.24, 2.45) is 0 Å². The van der Waals surface area contributed by atoms with Crippen molar-refractivity contribution in [2.45, 2.75) is 0 Å². The second-order valence-electron chi connectivity index (χ2n) is 5.64. The number of carbonyl (C=O) groups excluding carboxylic acids is 1. The number of rotatable bonds is 4. The fourth-order valence-electron chi connectivity index (χ4n) is 2.36. The van der Waals surface area contributed by atoms with E-state index in [0.29, 0.717) is 16.3 Å². The van der Waals surface area contributed by atoms with Gasteiger partial charge in [0.15, 0.2) is 0 Å². The number of hydrogen-bond acceptors (Lipinski definition) is 3. The van der Waals surface area contributed by atoms with Crippen molar-refractivity contribution in [3.05, 3.63) is 100 Å². The van der Waals surface area contributed by atoms with E-state index in [-0.39, 0.29) is 5.56 Å². The van der Waals surface area contributed by atoms with Gasteiger partial charge in [-0.2, -0.15) is 5.26 Å². The number of halogens is 2. The molecule has 0 bridgehead atoms. The molecule has 0 spiro atoms. The second kappa shape index (κ2) is 8.31. The number of benzene rings is 3. The molecule has 0 saturated carbocycles. The van der Waals surface area contributed by atoms with Crippen LogP contribution in [0.5, 0.6) is 5.75 Å². The van der Waals surface area contributed by atoms with E-state index in [1.807, 2.05) is 0 Å². The van der Waals surface area contributed by atoms with E-state index in [4.69, 9.17) is 16.3 Å². The molecule has 3 nitrogen and oxygen atoms in total. The van der Waals surface area contributed by atoms with Gasteiger partial charge >= 0.3 is 5.97 Å². The maximum atomic E-state index is 12.9. The van der Waals surface area contributed by atoms with Gasteiger partial charge in [0, 0.05) is 5.02 Å². The Kier molecular flexibility index (Phi) is 5.65.